The molecule has 2 aromatic rings. The predicted octanol–water partition coefficient (Wildman–Crippen LogP) is 2.43. The predicted molar refractivity (Wildman–Crippen MR) is 73.8 cm³/mol. The third kappa shape index (κ3) is 2.77. The van der Waals surface area contributed by atoms with Gasteiger partial charge in [-0.3, -0.25) is 4.79 Å². The minimum absolute atomic E-state index is 0.124. The molecule has 0 saturated heterocycles. The minimum atomic E-state index is -0.543. The van der Waals surface area contributed by atoms with Crippen molar-refractivity contribution in [1.29, 1.82) is 0 Å². The molecule has 5 nitrogen and oxygen atoms in total. The first-order chi connectivity index (χ1) is 9.63. The summed E-state index contributed by atoms with van der Waals surface area (Å²) in [6.45, 7) is 0. The molecule has 0 saturated carbocycles. The molecule has 0 aromatic heterocycles. The number of anilines is 1. The Kier molecular flexibility index (Phi) is 4.00. The number of amides is 1. The number of hydrogen-bond donors (Lipinski definition) is 2. The van der Waals surface area contributed by atoms with Crippen LogP contribution < -0.4 is 5.32 Å². The van der Waals surface area contributed by atoms with Gasteiger partial charge in [0.15, 0.2) is 0 Å². The Balaban J connectivity index is 2.29. The summed E-state index contributed by atoms with van der Waals surface area (Å²) in [4.78, 5) is 23.7. The van der Waals surface area contributed by atoms with E-state index >= 15 is 0 Å². The summed E-state index contributed by atoms with van der Waals surface area (Å²) in [5, 5.41) is 12.2. The van der Waals surface area contributed by atoms with E-state index in [1.54, 1.807) is 36.4 Å². The smallest absolute Gasteiger partial charge is 0.339 e. The van der Waals surface area contributed by atoms with E-state index < -0.39 is 11.9 Å². The molecule has 2 N–H and O–H groups in total. The quantitative estimate of drug-likeness (QED) is 0.841. The molecule has 102 valence electrons. The number of rotatable bonds is 3. The van der Waals surface area contributed by atoms with Crippen LogP contribution in [0.15, 0.2) is 48.5 Å². The third-order valence-electron chi connectivity index (χ3n) is 2.73. The lowest BCUT2D eigenvalue weighted by Crippen LogP contribution is -2.15. The number of phenols is 1. The van der Waals surface area contributed by atoms with Crippen LogP contribution in [-0.2, 0) is 4.74 Å². The zero-order valence-corrected chi connectivity index (χ0v) is 10.8. The molecule has 1 amide bonds. The summed E-state index contributed by atoms with van der Waals surface area (Å²) in [7, 11) is 1.27. The first kappa shape index (κ1) is 13.6. The van der Waals surface area contributed by atoms with Crippen LogP contribution in [0.5, 0.6) is 5.75 Å². The summed E-state index contributed by atoms with van der Waals surface area (Å²) in [6, 6.07) is 12.7. The van der Waals surface area contributed by atoms with Crippen molar-refractivity contribution >= 4 is 17.6 Å². The van der Waals surface area contributed by atoms with Gasteiger partial charge in [0.2, 0.25) is 0 Å². The van der Waals surface area contributed by atoms with Gasteiger partial charge in [-0.1, -0.05) is 24.3 Å². The number of para-hydroxylation sites is 2. The monoisotopic (exact) mass is 271 g/mol. The van der Waals surface area contributed by atoms with Crippen LogP contribution in [0.4, 0.5) is 5.69 Å². The number of nitrogens with one attached hydrogen (secondary N) is 1. The Morgan fingerprint density at radius 3 is 2.25 bits per heavy atom. The lowest BCUT2D eigenvalue weighted by molar-refractivity contribution is 0.0602. The number of esters is 1. The van der Waals surface area contributed by atoms with Gasteiger partial charge in [0, 0.05) is 0 Å². The average Bonchev–Trinajstić information content (AvgIpc) is 2.47. The molecular weight excluding hydrogens is 258 g/mol. The van der Waals surface area contributed by atoms with Crippen LogP contribution in [-0.4, -0.2) is 24.1 Å². The number of carbonyl (C=O) groups excluding carboxylic acids is 2. The largest absolute Gasteiger partial charge is 0.507 e. The van der Waals surface area contributed by atoms with Gasteiger partial charge in [-0.25, -0.2) is 4.79 Å². The number of carbonyl (C=O) groups is 2. The van der Waals surface area contributed by atoms with Gasteiger partial charge in [-0.05, 0) is 24.3 Å². The van der Waals surface area contributed by atoms with Crippen LogP contribution >= 0.6 is 0 Å². The lowest BCUT2D eigenvalue weighted by atomic mass is 10.1. The van der Waals surface area contributed by atoms with E-state index in [-0.39, 0.29) is 16.9 Å². The molecule has 0 radical (unpaired) electrons. The average molecular weight is 271 g/mol. The number of benzene rings is 2. The Bertz CT molecular complexity index is 652. The van der Waals surface area contributed by atoms with E-state index in [1.165, 1.54) is 19.2 Å². The summed E-state index contributed by atoms with van der Waals surface area (Å²) >= 11 is 0. The maximum absolute atomic E-state index is 12.1. The Morgan fingerprint density at radius 1 is 1.00 bits per heavy atom. The maximum Gasteiger partial charge on any atom is 0.339 e. The molecule has 0 bridgehead atoms. The first-order valence-corrected chi connectivity index (χ1v) is 5.90. The number of hydrogen-bond acceptors (Lipinski definition) is 4. The van der Waals surface area contributed by atoms with Gasteiger partial charge in [-0.15, -0.1) is 0 Å². The lowest BCUT2D eigenvalue weighted by Gasteiger charge is -2.10. The van der Waals surface area contributed by atoms with Crippen LogP contribution in [0.25, 0.3) is 0 Å². The second-order valence-electron chi connectivity index (χ2n) is 4.01. The van der Waals surface area contributed by atoms with Crippen LogP contribution in [0.1, 0.15) is 20.7 Å². The van der Waals surface area contributed by atoms with Crippen molar-refractivity contribution in [1.82, 2.24) is 0 Å². The van der Waals surface area contributed by atoms with Crippen molar-refractivity contribution in [2.75, 3.05) is 12.4 Å². The molecule has 0 fully saturated rings. The standard InChI is InChI=1S/C15H13NO4/c1-20-15(19)10-6-2-4-8-12(10)16-14(18)11-7-3-5-9-13(11)17/h2-9,17H,1H3,(H,16,18). The molecule has 0 aliphatic rings. The minimum Gasteiger partial charge on any atom is -0.507 e. The first-order valence-electron chi connectivity index (χ1n) is 5.90. The molecule has 0 unspecified atom stereocenters. The Morgan fingerprint density at radius 2 is 1.60 bits per heavy atom. The molecule has 0 spiro atoms. The van der Waals surface area contributed by atoms with E-state index in [9.17, 15) is 14.7 Å². The van der Waals surface area contributed by atoms with Gasteiger partial charge in [-0.2, -0.15) is 0 Å². The van der Waals surface area contributed by atoms with Gasteiger partial charge >= 0.3 is 5.97 Å². The van der Waals surface area contributed by atoms with Gasteiger partial charge in [0.05, 0.1) is 23.9 Å². The second-order valence-corrected chi connectivity index (χ2v) is 4.01. The molecule has 5 heteroatoms. The Hall–Kier alpha value is -2.82. The summed E-state index contributed by atoms with van der Waals surface area (Å²) in [6.07, 6.45) is 0. The van der Waals surface area contributed by atoms with Crippen LogP contribution in [0.3, 0.4) is 0 Å². The fourth-order valence-electron chi connectivity index (χ4n) is 1.74. The van der Waals surface area contributed by atoms with Gasteiger partial charge in [0.1, 0.15) is 5.75 Å². The summed E-state index contributed by atoms with van der Waals surface area (Å²) in [5.41, 5.74) is 0.707. The topological polar surface area (TPSA) is 75.6 Å². The van der Waals surface area contributed by atoms with E-state index in [2.05, 4.69) is 10.1 Å². The Labute approximate surface area is 115 Å². The van der Waals surface area contributed by atoms with Gasteiger partial charge in [0.25, 0.3) is 5.91 Å². The number of aromatic hydroxyl groups is 1. The summed E-state index contributed by atoms with van der Waals surface area (Å²) < 4.78 is 4.65. The highest BCUT2D eigenvalue weighted by molar-refractivity contribution is 6.09. The van der Waals surface area contributed by atoms with Crippen molar-refractivity contribution < 1.29 is 19.4 Å². The molecule has 0 aliphatic carbocycles. The fourth-order valence-corrected chi connectivity index (χ4v) is 1.74. The SMILES string of the molecule is COC(=O)c1ccccc1NC(=O)c1ccccc1O. The zero-order valence-electron chi connectivity index (χ0n) is 10.8. The van der Waals surface area contributed by atoms with Crippen molar-refractivity contribution in [3.63, 3.8) is 0 Å². The highest BCUT2D eigenvalue weighted by Crippen LogP contribution is 2.20. The van der Waals surface area contributed by atoms with Crippen molar-refractivity contribution in [3.05, 3.63) is 59.7 Å². The molecule has 2 rings (SSSR count). The molecule has 20 heavy (non-hydrogen) atoms. The molecule has 2 aromatic carbocycles. The number of ether oxygens (including phenoxy) is 1. The van der Waals surface area contributed by atoms with Crippen molar-refractivity contribution in [3.8, 4) is 5.75 Å². The molecule has 0 aliphatic heterocycles. The summed E-state index contributed by atoms with van der Waals surface area (Å²) in [5.74, 6) is -1.17. The molecular formula is C15H13NO4. The van der Waals surface area contributed by atoms with E-state index in [0.717, 1.165) is 0 Å². The highest BCUT2D eigenvalue weighted by atomic mass is 16.5. The highest BCUT2D eigenvalue weighted by Gasteiger charge is 2.15. The third-order valence-corrected chi connectivity index (χ3v) is 2.73. The van der Waals surface area contributed by atoms with Crippen molar-refractivity contribution in [2.24, 2.45) is 0 Å². The molecule has 0 heterocycles. The van der Waals surface area contributed by atoms with E-state index in [4.69, 9.17) is 0 Å². The maximum atomic E-state index is 12.1. The van der Waals surface area contributed by atoms with E-state index in [0.29, 0.717) is 5.69 Å². The number of phenolic OH excluding ortho intramolecular Hbond substituents is 1. The normalized spacial score (nSPS) is 9.85. The second kappa shape index (κ2) is 5.88. The zero-order chi connectivity index (χ0) is 14.5. The van der Waals surface area contributed by atoms with Crippen LogP contribution in [0, 0.1) is 0 Å². The van der Waals surface area contributed by atoms with Crippen molar-refractivity contribution in [2.45, 2.75) is 0 Å². The van der Waals surface area contributed by atoms with E-state index in [1.807, 2.05) is 0 Å². The van der Waals surface area contributed by atoms with Gasteiger partial charge < -0.3 is 15.2 Å². The molecule has 0 atom stereocenters. The number of methoxy groups -OCH3 is 1. The fraction of sp³-hybridized carbons (Fsp3) is 0.0667. The van der Waals surface area contributed by atoms with Crippen LogP contribution in [0.2, 0.25) is 0 Å².